The molecule has 0 unspecified atom stereocenters. The summed E-state index contributed by atoms with van der Waals surface area (Å²) in [5, 5.41) is 16.6. The highest BCUT2D eigenvalue weighted by Crippen LogP contribution is 2.14. The van der Waals surface area contributed by atoms with Crippen molar-refractivity contribution in [3.8, 4) is 0 Å². The molecule has 3 N–H and O–H groups in total. The zero-order chi connectivity index (χ0) is 12.1. The van der Waals surface area contributed by atoms with Gasteiger partial charge in [-0.15, -0.1) is 0 Å². The van der Waals surface area contributed by atoms with Crippen LogP contribution in [-0.2, 0) is 6.54 Å². The van der Waals surface area contributed by atoms with Crippen LogP contribution in [0.1, 0.15) is 24.2 Å². The number of quaternary nitrogens is 1. The molecule has 0 aliphatic carbocycles. The van der Waals surface area contributed by atoms with Gasteiger partial charge in [-0.2, -0.15) is 11.3 Å². The minimum atomic E-state index is -0.408. The van der Waals surface area contributed by atoms with Crippen molar-refractivity contribution in [2.75, 3.05) is 0 Å². The Hall–Kier alpha value is -1.16. The Bertz CT molecular complexity index is 427. The third-order valence-electron chi connectivity index (χ3n) is 2.94. The van der Waals surface area contributed by atoms with E-state index >= 15 is 0 Å². The van der Waals surface area contributed by atoms with E-state index in [0.29, 0.717) is 0 Å². The summed E-state index contributed by atoms with van der Waals surface area (Å²) in [7, 11) is 0. The largest absolute Gasteiger partial charge is 0.382 e. The Kier molecular flexibility index (Phi) is 4.31. The Morgan fingerprint density at radius 2 is 2.00 bits per heavy atom. The lowest BCUT2D eigenvalue weighted by Gasteiger charge is -2.17. The molecule has 0 spiro atoms. The van der Waals surface area contributed by atoms with Crippen LogP contribution in [0.25, 0.3) is 0 Å². The highest BCUT2D eigenvalue weighted by Gasteiger charge is 2.18. The van der Waals surface area contributed by atoms with Gasteiger partial charge in [0.05, 0.1) is 0 Å². The molecule has 0 fully saturated rings. The minimum absolute atomic E-state index is 0.164. The molecule has 2 atom stereocenters. The van der Waals surface area contributed by atoms with Crippen molar-refractivity contribution >= 4 is 11.3 Å². The van der Waals surface area contributed by atoms with Gasteiger partial charge in [-0.1, -0.05) is 30.3 Å². The topological polar surface area (TPSA) is 36.8 Å². The zero-order valence-corrected chi connectivity index (χ0v) is 10.7. The maximum atomic E-state index is 10.2. The smallest absolute Gasteiger partial charge is 0.130 e. The first-order valence-corrected chi connectivity index (χ1v) is 6.79. The highest BCUT2D eigenvalue weighted by molar-refractivity contribution is 7.07. The summed E-state index contributed by atoms with van der Waals surface area (Å²) in [6.45, 7) is 2.98. The fourth-order valence-corrected chi connectivity index (χ4v) is 2.49. The molecule has 90 valence electrons. The predicted octanol–water partition coefficient (Wildman–Crippen LogP) is 1.93. The van der Waals surface area contributed by atoms with Crippen LogP contribution in [0.5, 0.6) is 0 Å². The van der Waals surface area contributed by atoms with Gasteiger partial charge >= 0.3 is 0 Å². The van der Waals surface area contributed by atoms with Crippen LogP contribution in [0.3, 0.4) is 0 Å². The quantitative estimate of drug-likeness (QED) is 0.833. The van der Waals surface area contributed by atoms with E-state index in [1.54, 1.807) is 11.3 Å². The third-order valence-corrected chi connectivity index (χ3v) is 3.68. The molecule has 0 aliphatic heterocycles. The van der Waals surface area contributed by atoms with Crippen molar-refractivity contribution in [1.29, 1.82) is 0 Å². The van der Waals surface area contributed by atoms with E-state index in [1.807, 2.05) is 30.3 Å². The van der Waals surface area contributed by atoms with Crippen LogP contribution in [0, 0.1) is 0 Å². The lowest BCUT2D eigenvalue weighted by atomic mass is 10.0. The fourth-order valence-electron chi connectivity index (χ4n) is 1.81. The van der Waals surface area contributed by atoms with Crippen molar-refractivity contribution in [1.82, 2.24) is 0 Å². The number of aliphatic hydroxyl groups excluding tert-OH is 1. The summed E-state index contributed by atoms with van der Waals surface area (Å²) in [6.07, 6.45) is -0.408. The van der Waals surface area contributed by atoms with E-state index in [0.717, 1.165) is 12.1 Å². The number of aliphatic hydroxyl groups is 1. The average Bonchev–Trinajstić information content (AvgIpc) is 2.89. The van der Waals surface area contributed by atoms with E-state index in [4.69, 9.17) is 0 Å². The maximum absolute atomic E-state index is 10.2. The Morgan fingerprint density at radius 3 is 2.65 bits per heavy atom. The first kappa shape index (κ1) is 12.3. The molecule has 17 heavy (non-hydrogen) atoms. The van der Waals surface area contributed by atoms with Gasteiger partial charge in [-0.25, -0.2) is 0 Å². The molecule has 2 rings (SSSR count). The van der Waals surface area contributed by atoms with E-state index < -0.39 is 6.10 Å². The second-order valence-electron chi connectivity index (χ2n) is 4.29. The predicted molar refractivity (Wildman–Crippen MR) is 70.8 cm³/mol. The van der Waals surface area contributed by atoms with Crippen molar-refractivity contribution in [2.24, 2.45) is 0 Å². The normalized spacial score (nSPS) is 14.5. The van der Waals surface area contributed by atoms with Gasteiger partial charge in [0.15, 0.2) is 0 Å². The van der Waals surface area contributed by atoms with Crippen LogP contribution >= 0.6 is 11.3 Å². The summed E-state index contributed by atoms with van der Waals surface area (Å²) in [6, 6.07) is 12.1. The molecule has 3 heteroatoms. The summed E-state index contributed by atoms with van der Waals surface area (Å²) in [5.74, 6) is 0. The van der Waals surface area contributed by atoms with Gasteiger partial charge in [-0.3, -0.25) is 0 Å². The summed E-state index contributed by atoms with van der Waals surface area (Å²) in [5.41, 5.74) is 2.31. The Labute approximate surface area is 106 Å². The molecule has 1 aromatic heterocycles. The molecule has 0 aliphatic rings. The number of hydrogen-bond donors (Lipinski definition) is 2. The van der Waals surface area contributed by atoms with Crippen LogP contribution in [0.15, 0.2) is 47.2 Å². The Morgan fingerprint density at radius 1 is 1.24 bits per heavy atom. The SMILES string of the molecule is C[C@H]([NH2+]Cc1ccsc1)[C@H](O)c1ccccc1. The van der Waals surface area contributed by atoms with Crippen molar-refractivity contribution in [2.45, 2.75) is 25.6 Å². The lowest BCUT2D eigenvalue weighted by molar-refractivity contribution is -0.709. The second kappa shape index (κ2) is 5.96. The van der Waals surface area contributed by atoms with Crippen LogP contribution < -0.4 is 5.32 Å². The summed E-state index contributed by atoms with van der Waals surface area (Å²) >= 11 is 1.71. The van der Waals surface area contributed by atoms with Crippen molar-refractivity contribution in [3.05, 3.63) is 58.3 Å². The number of benzene rings is 1. The summed E-state index contributed by atoms with van der Waals surface area (Å²) in [4.78, 5) is 0. The van der Waals surface area contributed by atoms with Crippen LogP contribution in [0.4, 0.5) is 0 Å². The molecular weight excluding hydrogens is 230 g/mol. The molecule has 2 nitrogen and oxygen atoms in total. The first-order valence-electron chi connectivity index (χ1n) is 5.85. The average molecular weight is 248 g/mol. The summed E-state index contributed by atoms with van der Waals surface area (Å²) < 4.78 is 0. The molecular formula is C14H18NOS+. The molecule has 1 heterocycles. The van der Waals surface area contributed by atoms with Gasteiger partial charge in [-0.05, 0) is 29.3 Å². The second-order valence-corrected chi connectivity index (χ2v) is 5.07. The third kappa shape index (κ3) is 3.40. The number of hydrogen-bond acceptors (Lipinski definition) is 2. The molecule has 1 aromatic carbocycles. The molecule has 0 saturated carbocycles. The molecule has 0 amide bonds. The van der Waals surface area contributed by atoms with Gasteiger partial charge in [0.1, 0.15) is 18.7 Å². The molecule has 0 bridgehead atoms. The van der Waals surface area contributed by atoms with E-state index in [2.05, 4.69) is 29.1 Å². The van der Waals surface area contributed by atoms with Gasteiger partial charge in [0.25, 0.3) is 0 Å². The zero-order valence-electron chi connectivity index (χ0n) is 9.91. The van der Waals surface area contributed by atoms with Crippen molar-refractivity contribution < 1.29 is 10.4 Å². The number of nitrogens with two attached hydrogens (primary N) is 1. The molecule has 0 radical (unpaired) electrons. The van der Waals surface area contributed by atoms with Gasteiger partial charge in [0.2, 0.25) is 0 Å². The van der Waals surface area contributed by atoms with E-state index in [1.165, 1.54) is 5.56 Å². The molecule has 0 saturated heterocycles. The van der Waals surface area contributed by atoms with Gasteiger partial charge < -0.3 is 10.4 Å². The fraction of sp³-hybridized carbons (Fsp3) is 0.286. The monoisotopic (exact) mass is 248 g/mol. The number of thiophene rings is 1. The van der Waals surface area contributed by atoms with E-state index in [-0.39, 0.29) is 6.04 Å². The highest BCUT2D eigenvalue weighted by atomic mass is 32.1. The molecule has 2 aromatic rings. The minimum Gasteiger partial charge on any atom is -0.382 e. The number of rotatable bonds is 5. The standard InChI is InChI=1S/C14H17NOS/c1-11(15-9-12-7-8-17-10-12)14(16)13-5-3-2-4-6-13/h2-8,10-11,14-16H,9H2,1H3/p+1/t11-,14-/m0/s1. The lowest BCUT2D eigenvalue weighted by Crippen LogP contribution is -2.88. The van der Waals surface area contributed by atoms with Gasteiger partial charge in [0, 0.05) is 5.56 Å². The van der Waals surface area contributed by atoms with E-state index in [9.17, 15) is 5.11 Å². The Balaban J connectivity index is 1.89. The van der Waals surface area contributed by atoms with Crippen LogP contribution in [-0.4, -0.2) is 11.1 Å². The first-order chi connectivity index (χ1) is 8.27. The van der Waals surface area contributed by atoms with Crippen LogP contribution in [0.2, 0.25) is 0 Å². The van der Waals surface area contributed by atoms with Crippen molar-refractivity contribution in [3.63, 3.8) is 0 Å². The maximum Gasteiger partial charge on any atom is 0.130 e.